The molecule has 10 heteroatoms. The number of hydrogen-bond donors (Lipinski definition) is 2. The standard InChI is InChI=1S/C23H32N6O4/c1-14(2)13-28-21-17(7-8-18(30)27-11-9-26(4)10-12-27)15(3)25-29(21)23(33)19(22(28)32)20(31)24-16-5-6-16/h7-8,14,16,33H,5-6,9-13H2,1-4H3,(H,24,31)/b8-7+. The maximum atomic E-state index is 13.4. The van der Waals surface area contributed by atoms with Gasteiger partial charge in [-0.2, -0.15) is 9.61 Å². The van der Waals surface area contributed by atoms with Crippen LogP contribution in [0.5, 0.6) is 5.88 Å². The maximum Gasteiger partial charge on any atom is 0.270 e. The number of nitrogens with zero attached hydrogens (tertiary/aromatic N) is 5. The molecule has 0 bridgehead atoms. The van der Waals surface area contributed by atoms with Gasteiger partial charge in [-0.25, -0.2) is 0 Å². The Morgan fingerprint density at radius 2 is 1.88 bits per heavy atom. The molecular formula is C23H32N6O4. The van der Waals surface area contributed by atoms with Crippen LogP contribution in [-0.2, 0) is 11.3 Å². The van der Waals surface area contributed by atoms with E-state index in [1.807, 2.05) is 20.9 Å². The number of hydrogen-bond acceptors (Lipinski definition) is 6. The van der Waals surface area contributed by atoms with Gasteiger partial charge < -0.3 is 20.2 Å². The monoisotopic (exact) mass is 456 g/mol. The van der Waals surface area contributed by atoms with Gasteiger partial charge in [-0.3, -0.25) is 19.0 Å². The fourth-order valence-electron chi connectivity index (χ4n) is 4.07. The van der Waals surface area contributed by atoms with E-state index < -0.39 is 17.3 Å². The fraction of sp³-hybridized carbons (Fsp3) is 0.565. The molecule has 3 heterocycles. The van der Waals surface area contributed by atoms with Crippen molar-refractivity contribution >= 4 is 23.5 Å². The van der Waals surface area contributed by atoms with Gasteiger partial charge in [0, 0.05) is 50.4 Å². The normalized spacial score (nSPS) is 17.4. The molecule has 1 aliphatic carbocycles. The van der Waals surface area contributed by atoms with Gasteiger partial charge in [0.1, 0.15) is 5.65 Å². The molecule has 2 fully saturated rings. The number of rotatable bonds is 6. The van der Waals surface area contributed by atoms with Crippen LogP contribution in [0.1, 0.15) is 48.3 Å². The molecule has 178 valence electrons. The van der Waals surface area contributed by atoms with Crippen molar-refractivity contribution in [1.29, 1.82) is 0 Å². The summed E-state index contributed by atoms with van der Waals surface area (Å²) in [5.41, 5.74) is 0.617. The van der Waals surface area contributed by atoms with Crippen LogP contribution in [0.2, 0.25) is 0 Å². The summed E-state index contributed by atoms with van der Waals surface area (Å²) in [6.07, 6.45) is 4.88. The van der Waals surface area contributed by atoms with E-state index in [0.29, 0.717) is 36.5 Å². The third-order valence-electron chi connectivity index (χ3n) is 6.12. The van der Waals surface area contributed by atoms with Crippen molar-refractivity contribution in [3.63, 3.8) is 0 Å². The second-order valence-electron chi connectivity index (χ2n) is 9.45. The van der Waals surface area contributed by atoms with Crippen LogP contribution in [0.15, 0.2) is 10.9 Å². The number of carbonyl (C=O) groups is 2. The average molecular weight is 457 g/mol. The summed E-state index contributed by atoms with van der Waals surface area (Å²) in [7, 11) is 2.03. The molecule has 0 atom stereocenters. The van der Waals surface area contributed by atoms with Gasteiger partial charge in [0.25, 0.3) is 11.5 Å². The largest absolute Gasteiger partial charge is 0.492 e. The van der Waals surface area contributed by atoms with Crippen molar-refractivity contribution in [3.05, 3.63) is 33.3 Å². The minimum atomic E-state index is -0.588. The fourth-order valence-corrected chi connectivity index (χ4v) is 4.07. The molecule has 33 heavy (non-hydrogen) atoms. The van der Waals surface area contributed by atoms with E-state index in [4.69, 9.17) is 0 Å². The quantitative estimate of drug-likeness (QED) is 0.623. The number of piperazine rings is 1. The number of likely N-dealkylation sites (N-methyl/N-ethyl adjacent to an activating group) is 1. The van der Waals surface area contributed by atoms with Gasteiger partial charge >= 0.3 is 0 Å². The maximum absolute atomic E-state index is 13.4. The Bertz CT molecular complexity index is 1170. The van der Waals surface area contributed by atoms with Crippen LogP contribution >= 0.6 is 0 Å². The minimum Gasteiger partial charge on any atom is -0.492 e. The van der Waals surface area contributed by atoms with Crippen LogP contribution < -0.4 is 10.9 Å². The molecule has 0 aromatic carbocycles. The molecule has 0 spiro atoms. The van der Waals surface area contributed by atoms with Crippen molar-refractivity contribution in [1.82, 2.24) is 29.3 Å². The topological polar surface area (TPSA) is 112 Å². The van der Waals surface area contributed by atoms with E-state index in [1.165, 1.54) is 15.2 Å². The van der Waals surface area contributed by atoms with Gasteiger partial charge in [0.15, 0.2) is 5.56 Å². The Kier molecular flexibility index (Phi) is 6.29. The zero-order valence-corrected chi connectivity index (χ0v) is 19.7. The number of fused-ring (bicyclic) bond motifs is 1. The van der Waals surface area contributed by atoms with Crippen molar-refractivity contribution in [2.24, 2.45) is 5.92 Å². The van der Waals surface area contributed by atoms with E-state index >= 15 is 0 Å². The molecule has 2 aliphatic rings. The summed E-state index contributed by atoms with van der Waals surface area (Å²) in [6.45, 7) is 8.99. The first-order valence-corrected chi connectivity index (χ1v) is 11.5. The Morgan fingerprint density at radius 1 is 1.21 bits per heavy atom. The average Bonchev–Trinajstić information content (AvgIpc) is 3.50. The predicted octanol–water partition coefficient (Wildman–Crippen LogP) is 0.845. The Morgan fingerprint density at radius 3 is 2.48 bits per heavy atom. The van der Waals surface area contributed by atoms with Gasteiger partial charge in [0.05, 0.1) is 5.69 Å². The van der Waals surface area contributed by atoms with Gasteiger partial charge in [-0.1, -0.05) is 13.8 Å². The summed E-state index contributed by atoms with van der Waals surface area (Å²) in [5, 5.41) is 18.0. The molecule has 1 aliphatic heterocycles. The van der Waals surface area contributed by atoms with Crippen LogP contribution in [0.25, 0.3) is 11.7 Å². The summed E-state index contributed by atoms with van der Waals surface area (Å²) in [6, 6.07) is 0.0454. The van der Waals surface area contributed by atoms with Crippen LogP contribution in [-0.4, -0.2) is 80.2 Å². The number of aromatic hydroxyl groups is 1. The molecule has 2 aromatic heterocycles. The zero-order chi connectivity index (χ0) is 23.9. The number of aryl methyl sites for hydroxylation is 1. The lowest BCUT2D eigenvalue weighted by atomic mass is 10.1. The molecule has 2 N–H and O–H groups in total. The number of nitrogens with one attached hydrogen (secondary N) is 1. The number of carbonyl (C=O) groups excluding carboxylic acids is 2. The van der Waals surface area contributed by atoms with Crippen LogP contribution in [0.3, 0.4) is 0 Å². The lowest BCUT2D eigenvalue weighted by Crippen LogP contribution is -2.46. The second-order valence-corrected chi connectivity index (χ2v) is 9.45. The molecule has 4 rings (SSSR count). The first kappa shape index (κ1) is 23.0. The Labute approximate surface area is 192 Å². The van der Waals surface area contributed by atoms with E-state index in [0.717, 1.165) is 25.9 Å². The zero-order valence-electron chi connectivity index (χ0n) is 19.7. The molecule has 10 nitrogen and oxygen atoms in total. The van der Waals surface area contributed by atoms with Gasteiger partial charge in [-0.15, -0.1) is 0 Å². The molecule has 0 radical (unpaired) electrons. The molecule has 2 amide bonds. The van der Waals surface area contributed by atoms with Crippen molar-refractivity contribution in [3.8, 4) is 5.88 Å². The van der Waals surface area contributed by atoms with Crippen molar-refractivity contribution < 1.29 is 14.7 Å². The first-order chi connectivity index (χ1) is 15.7. The highest BCUT2D eigenvalue weighted by Gasteiger charge is 2.30. The molecule has 1 saturated carbocycles. The lowest BCUT2D eigenvalue weighted by molar-refractivity contribution is -0.127. The minimum absolute atomic E-state index is 0.0454. The summed E-state index contributed by atoms with van der Waals surface area (Å²) < 4.78 is 2.72. The van der Waals surface area contributed by atoms with E-state index in [1.54, 1.807) is 17.9 Å². The summed E-state index contributed by atoms with van der Waals surface area (Å²) in [4.78, 5) is 42.8. The third-order valence-corrected chi connectivity index (χ3v) is 6.12. The second kappa shape index (κ2) is 9.01. The highest BCUT2D eigenvalue weighted by atomic mass is 16.3. The van der Waals surface area contributed by atoms with Gasteiger partial charge in [-0.05, 0) is 38.8 Å². The summed E-state index contributed by atoms with van der Waals surface area (Å²) in [5.74, 6) is -1.07. The Hall–Kier alpha value is -3.14. The van der Waals surface area contributed by atoms with Crippen molar-refractivity contribution in [2.75, 3.05) is 33.2 Å². The van der Waals surface area contributed by atoms with E-state index in [2.05, 4.69) is 15.3 Å². The number of amides is 2. The summed E-state index contributed by atoms with van der Waals surface area (Å²) >= 11 is 0. The van der Waals surface area contributed by atoms with Crippen LogP contribution in [0.4, 0.5) is 0 Å². The highest BCUT2D eigenvalue weighted by molar-refractivity contribution is 5.97. The SMILES string of the molecule is Cc1nn2c(O)c(C(=O)NC3CC3)c(=O)n(CC(C)C)c2c1/C=C/C(=O)N1CCN(C)CC1. The van der Waals surface area contributed by atoms with E-state index in [-0.39, 0.29) is 23.4 Å². The number of aromatic nitrogens is 3. The van der Waals surface area contributed by atoms with Gasteiger partial charge in [0.2, 0.25) is 11.8 Å². The van der Waals surface area contributed by atoms with E-state index in [9.17, 15) is 19.5 Å². The Balaban J connectivity index is 1.77. The smallest absolute Gasteiger partial charge is 0.270 e. The van der Waals surface area contributed by atoms with Crippen molar-refractivity contribution in [2.45, 2.75) is 46.2 Å². The molecule has 1 saturated heterocycles. The molecule has 0 unspecified atom stereocenters. The third kappa shape index (κ3) is 4.66. The molecule has 2 aromatic rings. The highest BCUT2D eigenvalue weighted by Crippen LogP contribution is 2.25. The first-order valence-electron chi connectivity index (χ1n) is 11.5. The van der Waals surface area contributed by atoms with Crippen LogP contribution in [0, 0.1) is 12.8 Å². The lowest BCUT2D eigenvalue weighted by Gasteiger charge is -2.31. The predicted molar refractivity (Wildman–Crippen MR) is 124 cm³/mol. The molecular weight excluding hydrogens is 424 g/mol.